The summed E-state index contributed by atoms with van der Waals surface area (Å²) in [6, 6.07) is 4.36. The van der Waals surface area contributed by atoms with Gasteiger partial charge in [0.25, 0.3) is 0 Å². The summed E-state index contributed by atoms with van der Waals surface area (Å²) in [4.78, 5) is 14.9. The molecule has 0 atom stereocenters. The largest absolute Gasteiger partial charge is 0.469 e. The van der Waals surface area contributed by atoms with Gasteiger partial charge >= 0.3 is 0 Å². The molecule has 2 fully saturated rings. The van der Waals surface area contributed by atoms with Gasteiger partial charge in [-0.25, -0.2) is 0 Å². The van der Waals surface area contributed by atoms with E-state index in [1.54, 1.807) is 12.3 Å². The number of carbonyl (C=O) groups excluding carboxylic acids is 1. The topological polar surface area (TPSA) is 71.5 Å². The Kier molecular flexibility index (Phi) is 3.69. The van der Waals surface area contributed by atoms with E-state index in [0.29, 0.717) is 11.6 Å². The lowest BCUT2D eigenvalue weighted by molar-refractivity contribution is -0.121. The number of piperidine rings is 1. The molecule has 0 radical (unpaired) electrons. The fraction of sp³-hybridized carbons (Fsp3) is 0.529. The predicted octanol–water partition coefficient (Wildman–Crippen LogP) is 3.06. The third-order valence-electron chi connectivity index (χ3n) is 4.85. The smallest absolute Gasteiger partial charge is 0.228 e. The van der Waals surface area contributed by atoms with Crippen molar-refractivity contribution in [2.45, 2.75) is 38.6 Å². The van der Waals surface area contributed by atoms with E-state index in [9.17, 15) is 4.79 Å². The Bertz CT molecular complexity index is 694. The molecule has 122 valence electrons. The van der Waals surface area contributed by atoms with Gasteiger partial charge in [0, 0.05) is 18.0 Å². The van der Waals surface area contributed by atoms with Gasteiger partial charge in [0.05, 0.1) is 11.8 Å². The van der Waals surface area contributed by atoms with Crippen LogP contribution in [-0.4, -0.2) is 35.1 Å². The van der Waals surface area contributed by atoms with E-state index in [4.69, 9.17) is 8.94 Å². The molecule has 4 rings (SSSR count). The van der Waals surface area contributed by atoms with Gasteiger partial charge in [-0.3, -0.25) is 4.79 Å². The summed E-state index contributed by atoms with van der Waals surface area (Å²) in [6.07, 6.45) is 6.11. The maximum Gasteiger partial charge on any atom is 0.228 e. The molecule has 0 spiro atoms. The molecular weight excluding hydrogens is 294 g/mol. The molecule has 1 amide bonds. The van der Waals surface area contributed by atoms with Crippen molar-refractivity contribution in [1.82, 2.24) is 10.1 Å². The number of amides is 1. The molecule has 6 heteroatoms. The predicted molar refractivity (Wildman–Crippen MR) is 84.9 cm³/mol. The van der Waals surface area contributed by atoms with Crippen LogP contribution in [0.1, 0.15) is 31.4 Å². The van der Waals surface area contributed by atoms with Crippen LogP contribution in [0.5, 0.6) is 0 Å². The lowest BCUT2D eigenvalue weighted by atomic mass is 9.96. The number of rotatable bonds is 4. The van der Waals surface area contributed by atoms with Crippen molar-refractivity contribution >= 4 is 11.7 Å². The first-order valence-electron chi connectivity index (χ1n) is 8.27. The zero-order valence-electron chi connectivity index (χ0n) is 13.2. The SMILES string of the molecule is Cc1occc1-c1cc(NC(=O)C2CCN(C3CC3)CC2)no1. The zero-order chi connectivity index (χ0) is 15.8. The zero-order valence-corrected chi connectivity index (χ0v) is 13.2. The Labute approximate surface area is 134 Å². The fourth-order valence-corrected chi connectivity index (χ4v) is 3.30. The molecule has 2 aliphatic rings. The first-order valence-corrected chi connectivity index (χ1v) is 8.27. The van der Waals surface area contributed by atoms with Gasteiger partial charge in [-0.05, 0) is 51.8 Å². The quantitative estimate of drug-likeness (QED) is 0.939. The number of carbonyl (C=O) groups is 1. The summed E-state index contributed by atoms with van der Waals surface area (Å²) < 4.78 is 10.6. The van der Waals surface area contributed by atoms with Crippen molar-refractivity contribution in [3.8, 4) is 11.3 Å². The monoisotopic (exact) mass is 315 g/mol. The average Bonchev–Trinajstić information content (AvgIpc) is 3.17. The lowest BCUT2D eigenvalue weighted by Crippen LogP contribution is -2.39. The molecule has 0 bridgehead atoms. The van der Waals surface area contributed by atoms with Crippen LogP contribution in [0.25, 0.3) is 11.3 Å². The van der Waals surface area contributed by atoms with E-state index in [-0.39, 0.29) is 11.8 Å². The third kappa shape index (κ3) is 3.03. The lowest BCUT2D eigenvalue weighted by Gasteiger charge is -2.30. The molecule has 1 saturated carbocycles. The standard InChI is InChI=1S/C17H21N3O3/c1-11-14(6-9-22-11)15-10-16(19-23-15)18-17(21)12-4-7-20(8-5-12)13-2-3-13/h6,9-10,12-13H,2-5,7-8H2,1H3,(H,18,19,21). The van der Waals surface area contributed by atoms with Crippen molar-refractivity contribution in [2.24, 2.45) is 5.92 Å². The van der Waals surface area contributed by atoms with E-state index < -0.39 is 0 Å². The number of nitrogens with one attached hydrogen (secondary N) is 1. The highest BCUT2D eigenvalue weighted by Gasteiger charge is 2.33. The highest BCUT2D eigenvalue weighted by molar-refractivity contribution is 5.92. The number of hydrogen-bond acceptors (Lipinski definition) is 5. The van der Waals surface area contributed by atoms with E-state index in [1.165, 1.54) is 12.8 Å². The molecule has 6 nitrogen and oxygen atoms in total. The number of aromatic nitrogens is 1. The van der Waals surface area contributed by atoms with Gasteiger partial charge in [-0.1, -0.05) is 5.16 Å². The average molecular weight is 315 g/mol. The molecule has 1 N–H and O–H groups in total. The van der Waals surface area contributed by atoms with Crippen LogP contribution in [0.2, 0.25) is 0 Å². The summed E-state index contributed by atoms with van der Waals surface area (Å²) in [5.41, 5.74) is 0.857. The third-order valence-corrected chi connectivity index (χ3v) is 4.85. The minimum atomic E-state index is 0.0456. The summed E-state index contributed by atoms with van der Waals surface area (Å²) in [7, 11) is 0. The molecule has 2 aromatic heterocycles. The Hall–Kier alpha value is -2.08. The second-order valence-corrected chi connectivity index (χ2v) is 6.50. The number of aryl methyl sites for hydroxylation is 1. The van der Waals surface area contributed by atoms with Crippen LogP contribution in [0.3, 0.4) is 0 Å². The van der Waals surface area contributed by atoms with E-state index in [1.807, 2.05) is 13.0 Å². The normalized spacial score (nSPS) is 19.9. The Morgan fingerprint density at radius 3 is 2.74 bits per heavy atom. The number of furan rings is 1. The van der Waals surface area contributed by atoms with Crippen LogP contribution < -0.4 is 5.32 Å². The molecule has 1 aliphatic heterocycles. The minimum Gasteiger partial charge on any atom is -0.469 e. The number of anilines is 1. The Morgan fingerprint density at radius 1 is 1.30 bits per heavy atom. The van der Waals surface area contributed by atoms with Gasteiger partial charge in [-0.2, -0.15) is 0 Å². The van der Waals surface area contributed by atoms with Gasteiger partial charge in [-0.15, -0.1) is 0 Å². The number of hydrogen-bond donors (Lipinski definition) is 1. The van der Waals surface area contributed by atoms with Crippen molar-refractivity contribution in [3.63, 3.8) is 0 Å². The van der Waals surface area contributed by atoms with Crippen LogP contribution in [-0.2, 0) is 4.79 Å². The van der Waals surface area contributed by atoms with Crippen molar-refractivity contribution in [3.05, 3.63) is 24.2 Å². The Balaban J connectivity index is 1.36. The van der Waals surface area contributed by atoms with Gasteiger partial charge in [0.2, 0.25) is 5.91 Å². The van der Waals surface area contributed by atoms with Crippen LogP contribution in [0, 0.1) is 12.8 Å². The number of likely N-dealkylation sites (tertiary alicyclic amines) is 1. The fourth-order valence-electron chi connectivity index (χ4n) is 3.30. The second kappa shape index (κ2) is 5.85. The second-order valence-electron chi connectivity index (χ2n) is 6.50. The van der Waals surface area contributed by atoms with Crippen molar-refractivity contribution in [2.75, 3.05) is 18.4 Å². The highest BCUT2D eigenvalue weighted by Crippen LogP contribution is 2.31. The molecule has 1 saturated heterocycles. The molecule has 1 aliphatic carbocycles. The molecule has 3 heterocycles. The molecule has 23 heavy (non-hydrogen) atoms. The van der Waals surface area contributed by atoms with Crippen molar-refractivity contribution in [1.29, 1.82) is 0 Å². The first-order chi connectivity index (χ1) is 11.2. The summed E-state index contributed by atoms with van der Waals surface area (Å²) in [6.45, 7) is 3.92. The molecule has 0 aromatic carbocycles. The van der Waals surface area contributed by atoms with E-state index in [2.05, 4.69) is 15.4 Å². The summed E-state index contributed by atoms with van der Waals surface area (Å²) >= 11 is 0. The summed E-state index contributed by atoms with van der Waals surface area (Å²) in [5.74, 6) is 1.96. The molecule has 2 aromatic rings. The maximum absolute atomic E-state index is 12.4. The van der Waals surface area contributed by atoms with Gasteiger partial charge in [0.15, 0.2) is 11.6 Å². The summed E-state index contributed by atoms with van der Waals surface area (Å²) in [5, 5.41) is 6.82. The minimum absolute atomic E-state index is 0.0456. The van der Waals surface area contributed by atoms with Crippen molar-refractivity contribution < 1.29 is 13.7 Å². The van der Waals surface area contributed by atoms with Crippen LogP contribution in [0.15, 0.2) is 27.3 Å². The van der Waals surface area contributed by atoms with Gasteiger partial charge in [0.1, 0.15) is 5.76 Å². The maximum atomic E-state index is 12.4. The Morgan fingerprint density at radius 2 is 2.09 bits per heavy atom. The first kappa shape index (κ1) is 14.5. The number of nitrogens with zero attached hydrogens (tertiary/aromatic N) is 2. The molecular formula is C17H21N3O3. The van der Waals surface area contributed by atoms with Crippen LogP contribution >= 0.6 is 0 Å². The molecule has 0 unspecified atom stereocenters. The van der Waals surface area contributed by atoms with Crippen LogP contribution in [0.4, 0.5) is 5.82 Å². The van der Waals surface area contributed by atoms with E-state index >= 15 is 0 Å². The van der Waals surface area contributed by atoms with E-state index in [0.717, 1.165) is 43.3 Å². The highest BCUT2D eigenvalue weighted by atomic mass is 16.5. The van der Waals surface area contributed by atoms with Gasteiger partial charge < -0.3 is 19.2 Å².